The van der Waals surface area contributed by atoms with Crippen molar-refractivity contribution in [3.05, 3.63) is 0 Å². The summed E-state index contributed by atoms with van der Waals surface area (Å²) < 4.78 is 78.9. The van der Waals surface area contributed by atoms with Crippen molar-refractivity contribution in [2.24, 2.45) is 11.8 Å². The first-order valence-corrected chi connectivity index (χ1v) is 12.4. The van der Waals surface area contributed by atoms with Crippen molar-refractivity contribution >= 4 is 23.5 Å². The van der Waals surface area contributed by atoms with E-state index in [1.807, 2.05) is 0 Å². The van der Waals surface area contributed by atoms with Crippen molar-refractivity contribution < 1.29 is 70.0 Å². The molecule has 0 aromatic rings. The summed E-state index contributed by atoms with van der Waals surface area (Å²) >= 11 is 0. The van der Waals surface area contributed by atoms with Gasteiger partial charge in [-0.3, -0.25) is 13.7 Å². The molecule has 0 bridgehead atoms. The summed E-state index contributed by atoms with van der Waals surface area (Å²) in [5.41, 5.74) is 2.36. The molecule has 5 atom stereocenters. The third-order valence-electron chi connectivity index (χ3n) is 2.98. The Balaban J connectivity index is 4.29. The zero-order chi connectivity index (χ0) is 23.3. The minimum atomic E-state index is -5.12. The molecule has 0 amide bonds. The minimum Gasteiger partial charge on any atom is -0.756 e. The van der Waals surface area contributed by atoms with Crippen LogP contribution in [0.5, 0.6) is 0 Å². The van der Waals surface area contributed by atoms with Crippen molar-refractivity contribution in [1.82, 2.24) is 11.1 Å². The molecule has 0 rings (SSSR count). The maximum absolute atomic E-state index is 12.2. The highest BCUT2D eigenvalue weighted by atomic mass is 31.2. The summed E-state index contributed by atoms with van der Waals surface area (Å²) in [6.45, 7) is -5.41. The maximum atomic E-state index is 12.2. The first-order valence-electron chi connectivity index (χ1n) is 8.00. The molecular weight excluding hydrogens is 487 g/mol. The van der Waals surface area contributed by atoms with Crippen LogP contribution in [0.25, 0.3) is 0 Å². The molecular formula is C10H22F2N2O13P3-3. The summed E-state index contributed by atoms with van der Waals surface area (Å²) in [7, 11) is -15.0. The second-order valence-electron chi connectivity index (χ2n) is 5.51. The van der Waals surface area contributed by atoms with E-state index in [1.54, 1.807) is 0 Å². The Hall–Kier alpha value is 0.0700. The lowest BCUT2D eigenvalue weighted by atomic mass is 10.2. The topological polar surface area (TPSA) is 231 Å². The Labute approximate surface area is 170 Å². The van der Waals surface area contributed by atoms with Crippen LogP contribution in [0.3, 0.4) is 0 Å². The molecule has 0 heterocycles. The molecule has 20 heteroatoms. The molecule has 0 fully saturated rings. The molecule has 0 aliphatic rings. The Morgan fingerprint density at radius 1 is 0.767 bits per heavy atom. The number of phosphoric ester groups is 3. The van der Waals surface area contributed by atoms with E-state index in [-0.39, 0.29) is 6.54 Å². The van der Waals surface area contributed by atoms with E-state index in [0.29, 0.717) is 0 Å². The lowest BCUT2D eigenvalue weighted by Gasteiger charge is -2.27. The van der Waals surface area contributed by atoms with Crippen molar-refractivity contribution in [2.45, 2.75) is 0 Å². The lowest BCUT2D eigenvalue weighted by Crippen LogP contribution is -2.27. The van der Waals surface area contributed by atoms with Crippen LogP contribution < -0.4 is 25.8 Å². The second-order valence-corrected chi connectivity index (χ2v) is 9.52. The number of aliphatic hydroxyl groups is 1. The minimum absolute atomic E-state index is 0.384. The first-order chi connectivity index (χ1) is 13.8. The largest absolute Gasteiger partial charge is 0.756 e. The zero-order valence-electron chi connectivity index (χ0n) is 15.3. The third kappa shape index (κ3) is 16.7. The number of rotatable bonds is 19. The fourth-order valence-electron chi connectivity index (χ4n) is 1.53. The molecule has 0 aliphatic heterocycles. The van der Waals surface area contributed by atoms with E-state index >= 15 is 0 Å². The van der Waals surface area contributed by atoms with Crippen molar-refractivity contribution in [2.75, 3.05) is 52.7 Å². The van der Waals surface area contributed by atoms with Gasteiger partial charge in [-0.2, -0.15) is 11.1 Å². The van der Waals surface area contributed by atoms with E-state index in [4.69, 9.17) is 10.00 Å². The van der Waals surface area contributed by atoms with Crippen LogP contribution in [-0.4, -0.2) is 62.7 Å². The molecule has 30 heavy (non-hydrogen) atoms. The molecule has 182 valence electrons. The van der Waals surface area contributed by atoms with E-state index in [2.05, 4.69) is 22.6 Å². The molecule has 5 unspecified atom stereocenters. The normalized spacial score (nSPS) is 20.1. The van der Waals surface area contributed by atoms with Gasteiger partial charge in [-0.15, -0.1) is 8.96 Å². The van der Waals surface area contributed by atoms with Gasteiger partial charge in [0.25, 0.3) is 23.5 Å². The molecule has 0 spiro atoms. The number of aliphatic hydroxyl groups excluding tert-OH is 1. The highest BCUT2D eigenvalue weighted by Gasteiger charge is 2.19. The molecule has 15 nitrogen and oxygen atoms in total. The van der Waals surface area contributed by atoms with Gasteiger partial charge in [-0.1, -0.05) is 0 Å². The van der Waals surface area contributed by atoms with Gasteiger partial charge in [0, 0.05) is 31.5 Å². The average molecular weight is 509 g/mol. The molecule has 0 aliphatic carbocycles. The third-order valence-corrected chi connectivity index (χ3v) is 5.39. The van der Waals surface area contributed by atoms with Gasteiger partial charge in [0.15, 0.2) is 0 Å². The van der Waals surface area contributed by atoms with Crippen LogP contribution in [0.4, 0.5) is 8.96 Å². The van der Waals surface area contributed by atoms with Crippen molar-refractivity contribution in [3.63, 3.8) is 0 Å². The van der Waals surface area contributed by atoms with Gasteiger partial charge in [-0.25, -0.2) is 0 Å². The zero-order valence-corrected chi connectivity index (χ0v) is 18.0. The number of halogens is 2. The fourth-order valence-corrected chi connectivity index (χ4v) is 3.46. The molecule has 0 radical (unpaired) electrons. The van der Waals surface area contributed by atoms with E-state index in [9.17, 15) is 37.3 Å². The summed E-state index contributed by atoms with van der Waals surface area (Å²) in [4.78, 5) is 41.9. The van der Waals surface area contributed by atoms with E-state index < -0.39 is 81.5 Å². The predicted octanol–water partition coefficient (Wildman–Crippen LogP) is -2.36. The van der Waals surface area contributed by atoms with E-state index in [1.165, 1.54) is 5.54 Å². The summed E-state index contributed by atoms with van der Waals surface area (Å²) in [6, 6.07) is 0. The molecule has 4 N–H and O–H groups in total. The fraction of sp³-hybridized carbons (Fsp3) is 1.00. The highest BCUT2D eigenvalue weighted by molar-refractivity contribution is 7.46. The molecule has 0 aromatic heterocycles. The van der Waals surface area contributed by atoms with Crippen LogP contribution in [0, 0.1) is 11.8 Å². The monoisotopic (exact) mass is 509 g/mol. The average Bonchev–Trinajstić information content (AvgIpc) is 2.64. The highest BCUT2D eigenvalue weighted by Crippen LogP contribution is 2.41. The second kappa shape index (κ2) is 15.0. The van der Waals surface area contributed by atoms with Crippen molar-refractivity contribution in [3.8, 4) is 0 Å². The van der Waals surface area contributed by atoms with Gasteiger partial charge in [0.05, 0.1) is 33.0 Å². The lowest BCUT2D eigenvalue weighted by molar-refractivity contribution is -0.234. The Morgan fingerprint density at radius 2 is 1.17 bits per heavy atom. The Kier molecular flexibility index (Phi) is 15.0. The SMILES string of the molecule is O=P([O-])(O)OCC(CNF)COP(=O)([O-])OCCOP(=O)([O-])OCC(CO)CNF. The molecule has 0 aromatic carbocycles. The van der Waals surface area contributed by atoms with Gasteiger partial charge < -0.3 is 47.3 Å². The maximum Gasteiger partial charge on any atom is 0.267 e. The van der Waals surface area contributed by atoms with Crippen LogP contribution in [0.2, 0.25) is 0 Å². The van der Waals surface area contributed by atoms with Crippen LogP contribution >= 0.6 is 23.5 Å². The van der Waals surface area contributed by atoms with Gasteiger partial charge in [0.2, 0.25) is 0 Å². The van der Waals surface area contributed by atoms with Crippen LogP contribution in [-0.2, 0) is 36.3 Å². The number of nitrogens with one attached hydrogen (secondary N) is 2. The van der Waals surface area contributed by atoms with Gasteiger partial charge in [0.1, 0.15) is 0 Å². The van der Waals surface area contributed by atoms with Crippen molar-refractivity contribution in [1.29, 1.82) is 0 Å². The number of hydrogen-bond donors (Lipinski definition) is 4. The number of phosphoric acid groups is 3. The standard InChI is InChI=1S/C10H25F2N2O13P3/c11-13-3-9(5-15)6-26-29(19,20)23-1-2-24-30(21,22)27-8-10(4-14-12)7-25-28(16,17)18/h9-10,13-15H,1-8H2,(H,19,20)(H,21,22)(H2,16,17,18)/p-3. The molecule has 0 saturated carbocycles. The number of hydrogen-bond acceptors (Lipinski definition) is 14. The quantitative estimate of drug-likeness (QED) is 0.0810. The molecule has 0 saturated heterocycles. The van der Waals surface area contributed by atoms with Crippen LogP contribution in [0.1, 0.15) is 0 Å². The predicted molar refractivity (Wildman–Crippen MR) is 87.1 cm³/mol. The Bertz CT molecular complexity index is 612. The smallest absolute Gasteiger partial charge is 0.267 e. The van der Waals surface area contributed by atoms with Gasteiger partial charge >= 0.3 is 0 Å². The first kappa shape index (κ1) is 30.1. The Morgan fingerprint density at radius 3 is 1.57 bits per heavy atom. The summed E-state index contributed by atoms with van der Waals surface area (Å²) in [5, 5.41) is 8.86. The van der Waals surface area contributed by atoms with E-state index in [0.717, 1.165) is 5.54 Å². The summed E-state index contributed by atoms with van der Waals surface area (Å²) in [6.07, 6.45) is 0. The summed E-state index contributed by atoms with van der Waals surface area (Å²) in [5.74, 6) is -2.05. The van der Waals surface area contributed by atoms with Gasteiger partial charge in [-0.05, 0) is 0 Å². The van der Waals surface area contributed by atoms with Crippen LogP contribution in [0.15, 0.2) is 0 Å².